The van der Waals surface area contributed by atoms with Crippen LogP contribution in [0, 0.1) is 0 Å². The number of esters is 4. The van der Waals surface area contributed by atoms with Crippen molar-refractivity contribution in [2.75, 3.05) is 39.6 Å². The minimum Gasteiger partial charge on any atom is -0.462 e. The normalized spacial score (nSPS) is 14.6. The van der Waals surface area contributed by atoms with E-state index in [1.165, 1.54) is 19.3 Å². The first-order valence-electron chi connectivity index (χ1n) is 41.7. The molecule has 0 spiro atoms. The first-order chi connectivity index (χ1) is 52.7. The van der Waals surface area contributed by atoms with Crippen molar-refractivity contribution in [3.8, 4) is 0 Å². The minimum atomic E-state index is -5.00. The minimum absolute atomic E-state index is 0.0682. The second kappa shape index (κ2) is 79.8. The number of phosphoric acid groups is 2. The van der Waals surface area contributed by atoms with Crippen LogP contribution in [0.4, 0.5) is 0 Å². The Morgan fingerprint density at radius 1 is 0.269 bits per heavy atom. The lowest BCUT2D eigenvalue weighted by atomic mass is 10.1. The molecule has 108 heavy (non-hydrogen) atoms. The van der Waals surface area contributed by atoms with Gasteiger partial charge in [0.1, 0.15) is 19.3 Å². The van der Waals surface area contributed by atoms with Crippen LogP contribution >= 0.6 is 15.6 Å². The van der Waals surface area contributed by atoms with E-state index < -0.39 is 97.5 Å². The molecule has 0 saturated heterocycles. The average Bonchev–Trinajstić information content (AvgIpc) is 0.892. The van der Waals surface area contributed by atoms with E-state index in [9.17, 15) is 43.2 Å². The fraction of sp³-hybridized carbons (Fsp3) is 0.663. The Labute approximate surface area is 655 Å². The number of rotatable bonds is 77. The molecule has 0 radical (unpaired) electrons. The molecule has 0 aromatic rings. The van der Waals surface area contributed by atoms with Crippen molar-refractivity contribution in [3.63, 3.8) is 0 Å². The predicted octanol–water partition coefficient (Wildman–Crippen LogP) is 24.8. The van der Waals surface area contributed by atoms with Gasteiger partial charge in [0, 0.05) is 25.7 Å². The van der Waals surface area contributed by atoms with Gasteiger partial charge < -0.3 is 33.8 Å². The van der Waals surface area contributed by atoms with E-state index in [0.29, 0.717) is 25.7 Å². The topological polar surface area (TPSA) is 237 Å². The fourth-order valence-electron chi connectivity index (χ4n) is 10.7. The van der Waals surface area contributed by atoms with Crippen LogP contribution in [0.15, 0.2) is 158 Å². The number of hydrogen-bond donors (Lipinski definition) is 3. The Balaban J connectivity index is 5.42. The standard InChI is InChI=1S/C89H148O17P2/c1-5-9-13-17-21-25-29-33-36-39-41-44-47-51-54-58-62-66-70-74-87(92)100-80-85(106-89(94)76-72-68-64-60-56-52-48-45-42-40-37-34-30-26-22-18-14-10-6-2)82-104-108(97,98)102-78-83(90)77-101-107(95,96)103-81-84(105-88(93)75-71-67-63-59-55-49-32-28-24-20-16-12-8-4)79-99-86(91)73-69-65-61-57-53-50-46-43-38-35-31-27-23-19-15-11-7-3/h9,11,13,15-16,20-23,25-28,32-38,41-42,44-46,50,83-85,90H,5-8,10,12,14,17-19,24,29-31,39-40,43,47-49,51-82H2,1-4H3,(H,95,96)(H,97,98)/b13-9-,15-11-,20-16-,25-21-,26-22-,27-23-,32-28-,36-33-,37-34-,38-35-,44-41-,45-42-,50-46-. The Morgan fingerprint density at radius 3 is 0.778 bits per heavy atom. The molecule has 5 unspecified atom stereocenters. The maximum absolute atomic E-state index is 13.1. The van der Waals surface area contributed by atoms with Crippen LogP contribution in [0.25, 0.3) is 0 Å². The summed E-state index contributed by atoms with van der Waals surface area (Å²) in [5.74, 6) is -2.25. The van der Waals surface area contributed by atoms with E-state index in [0.717, 1.165) is 225 Å². The lowest BCUT2D eigenvalue weighted by Crippen LogP contribution is -2.30. The van der Waals surface area contributed by atoms with Crippen molar-refractivity contribution >= 4 is 39.5 Å². The van der Waals surface area contributed by atoms with E-state index in [1.54, 1.807) is 0 Å². The van der Waals surface area contributed by atoms with Crippen molar-refractivity contribution in [2.24, 2.45) is 0 Å². The molecule has 0 heterocycles. The summed E-state index contributed by atoms with van der Waals surface area (Å²) in [4.78, 5) is 73.2. The number of carbonyl (C=O) groups is 4. The van der Waals surface area contributed by atoms with Crippen molar-refractivity contribution < 1.29 is 80.2 Å². The summed E-state index contributed by atoms with van der Waals surface area (Å²) in [7, 11) is -9.99. The molecule has 0 rings (SSSR count). The average molecular weight is 1550 g/mol. The number of aliphatic hydroxyl groups is 1. The maximum atomic E-state index is 13.1. The van der Waals surface area contributed by atoms with Gasteiger partial charge in [0.25, 0.3) is 0 Å². The van der Waals surface area contributed by atoms with Gasteiger partial charge in [-0.05, 0) is 167 Å². The molecule has 0 fully saturated rings. The summed E-state index contributed by atoms with van der Waals surface area (Å²) in [6.45, 7) is 4.50. The lowest BCUT2D eigenvalue weighted by molar-refractivity contribution is -0.161. The summed E-state index contributed by atoms with van der Waals surface area (Å²) in [5.41, 5.74) is 0. The number of hydrogen-bond acceptors (Lipinski definition) is 15. The van der Waals surface area contributed by atoms with Crippen molar-refractivity contribution in [3.05, 3.63) is 158 Å². The number of ether oxygens (including phenoxy) is 4. The predicted molar refractivity (Wildman–Crippen MR) is 445 cm³/mol. The molecule has 5 atom stereocenters. The van der Waals surface area contributed by atoms with E-state index in [-0.39, 0.29) is 25.7 Å². The largest absolute Gasteiger partial charge is 0.472 e. The van der Waals surface area contributed by atoms with Crippen LogP contribution in [-0.4, -0.2) is 96.7 Å². The summed E-state index contributed by atoms with van der Waals surface area (Å²) in [6.07, 6.45) is 93.5. The molecule has 0 aromatic heterocycles. The Morgan fingerprint density at radius 2 is 0.500 bits per heavy atom. The van der Waals surface area contributed by atoms with E-state index in [4.69, 9.17) is 37.0 Å². The fourth-order valence-corrected chi connectivity index (χ4v) is 12.2. The monoisotopic (exact) mass is 1550 g/mol. The third-order valence-corrected chi connectivity index (χ3v) is 18.8. The van der Waals surface area contributed by atoms with Crippen LogP contribution in [0.1, 0.15) is 323 Å². The van der Waals surface area contributed by atoms with Gasteiger partial charge >= 0.3 is 39.5 Å². The third-order valence-electron chi connectivity index (χ3n) is 16.9. The first-order valence-corrected chi connectivity index (χ1v) is 44.7. The highest BCUT2D eigenvalue weighted by Crippen LogP contribution is 2.45. The zero-order valence-corrected chi connectivity index (χ0v) is 69.3. The number of carbonyl (C=O) groups excluding carboxylic acids is 4. The quantitative estimate of drug-likeness (QED) is 0.0169. The molecule has 616 valence electrons. The van der Waals surface area contributed by atoms with Crippen LogP contribution < -0.4 is 0 Å². The summed E-state index contributed by atoms with van der Waals surface area (Å²) >= 11 is 0. The van der Waals surface area contributed by atoms with Gasteiger partial charge in [0.05, 0.1) is 26.4 Å². The highest BCUT2D eigenvalue weighted by molar-refractivity contribution is 7.47. The number of allylic oxidation sites excluding steroid dienone is 26. The highest BCUT2D eigenvalue weighted by Gasteiger charge is 2.30. The van der Waals surface area contributed by atoms with Crippen LogP contribution in [0.3, 0.4) is 0 Å². The van der Waals surface area contributed by atoms with E-state index in [1.807, 2.05) is 0 Å². The molecular formula is C89H148O17P2. The van der Waals surface area contributed by atoms with Crippen LogP contribution in [0.2, 0.25) is 0 Å². The van der Waals surface area contributed by atoms with Gasteiger partial charge in [0.2, 0.25) is 0 Å². The van der Waals surface area contributed by atoms with Gasteiger partial charge in [-0.1, -0.05) is 288 Å². The summed E-state index contributed by atoms with van der Waals surface area (Å²) in [6, 6.07) is 0. The number of aliphatic hydroxyl groups excluding tert-OH is 1. The second-order valence-corrected chi connectivity index (χ2v) is 30.2. The Hall–Kier alpha value is -5.32. The van der Waals surface area contributed by atoms with Gasteiger partial charge in [-0.25, -0.2) is 9.13 Å². The first kappa shape index (κ1) is 103. The van der Waals surface area contributed by atoms with Gasteiger partial charge in [-0.15, -0.1) is 0 Å². The van der Waals surface area contributed by atoms with Crippen LogP contribution in [0.5, 0.6) is 0 Å². The second-order valence-electron chi connectivity index (χ2n) is 27.3. The lowest BCUT2D eigenvalue weighted by Gasteiger charge is -2.21. The highest BCUT2D eigenvalue weighted by atomic mass is 31.2. The molecule has 17 nitrogen and oxygen atoms in total. The van der Waals surface area contributed by atoms with E-state index >= 15 is 0 Å². The zero-order valence-electron chi connectivity index (χ0n) is 67.5. The molecule has 0 aromatic carbocycles. The summed E-state index contributed by atoms with van der Waals surface area (Å²) in [5, 5.41) is 10.7. The van der Waals surface area contributed by atoms with Crippen molar-refractivity contribution in [2.45, 2.75) is 341 Å². The van der Waals surface area contributed by atoms with Crippen LogP contribution in [-0.2, 0) is 65.4 Å². The smallest absolute Gasteiger partial charge is 0.462 e. The molecule has 19 heteroatoms. The number of phosphoric ester groups is 2. The molecule has 0 aliphatic heterocycles. The van der Waals surface area contributed by atoms with Crippen molar-refractivity contribution in [1.82, 2.24) is 0 Å². The maximum Gasteiger partial charge on any atom is 0.472 e. The molecule has 0 aliphatic rings. The Bertz CT molecular complexity index is 2660. The molecule has 0 bridgehead atoms. The number of unbranched alkanes of at least 4 members (excludes halogenated alkanes) is 25. The zero-order chi connectivity index (χ0) is 78.9. The summed E-state index contributed by atoms with van der Waals surface area (Å²) < 4.78 is 68.7. The molecule has 3 N–H and O–H groups in total. The van der Waals surface area contributed by atoms with Gasteiger partial charge in [0.15, 0.2) is 12.2 Å². The van der Waals surface area contributed by atoms with Gasteiger partial charge in [-0.2, -0.15) is 0 Å². The van der Waals surface area contributed by atoms with Gasteiger partial charge in [-0.3, -0.25) is 37.3 Å². The molecule has 0 aliphatic carbocycles. The molecule has 0 saturated carbocycles. The third kappa shape index (κ3) is 78.8. The van der Waals surface area contributed by atoms with E-state index in [2.05, 4.69) is 186 Å². The Kier molecular flexibility index (Phi) is 75.8. The molecule has 0 amide bonds. The SMILES string of the molecule is CC/C=C\C/C=C\C/C=C\C/C=C\CCCCCCCCC(=O)OCC(COP(=O)(O)OCC(O)COP(=O)(O)OCC(COC(=O)CCCCCC/C=C\C/C=C\C/C=C\C/C=C\CC)OC(=O)CCCCCCC/C=C\C/C=C\CCC)OC(=O)CCCCCCCC/C=C\C/C=C\C/C=C\CCCCC. The molecular weight excluding hydrogens is 1400 g/mol. The van der Waals surface area contributed by atoms with Crippen molar-refractivity contribution in [1.29, 1.82) is 0 Å².